The minimum atomic E-state index is -3.71. The monoisotopic (exact) mass is 492 g/mol. The van der Waals surface area contributed by atoms with E-state index in [1.54, 1.807) is 24.3 Å². The van der Waals surface area contributed by atoms with E-state index in [9.17, 15) is 8.42 Å². The van der Waals surface area contributed by atoms with Gasteiger partial charge in [-0.15, -0.1) is 0 Å². The van der Waals surface area contributed by atoms with Gasteiger partial charge in [-0.2, -0.15) is 4.31 Å². The number of nitrogens with zero attached hydrogens (tertiary/aromatic N) is 2. The molecule has 1 saturated heterocycles. The van der Waals surface area contributed by atoms with Crippen LogP contribution in [0.2, 0.25) is 5.02 Å². The normalized spacial score (nSPS) is 26.2. The zero-order valence-electron chi connectivity index (χ0n) is 19.4. The summed E-state index contributed by atoms with van der Waals surface area (Å²) in [4.78, 5) is 2.74. The first kappa shape index (κ1) is 22.1. The third-order valence-electron chi connectivity index (χ3n) is 8.32. The Morgan fingerprint density at radius 3 is 2.35 bits per heavy atom. The molecule has 1 aliphatic carbocycles. The molecule has 2 fully saturated rings. The van der Waals surface area contributed by atoms with Crippen LogP contribution in [0.5, 0.6) is 0 Å². The number of para-hydroxylation sites is 1. The number of fused-ring (bicyclic) bond motifs is 1. The predicted molar refractivity (Wildman–Crippen MR) is 137 cm³/mol. The zero-order valence-corrected chi connectivity index (χ0v) is 20.9. The van der Waals surface area contributed by atoms with Crippen LogP contribution in [0.4, 0.5) is 5.69 Å². The maximum absolute atomic E-state index is 14.2. The fourth-order valence-electron chi connectivity index (χ4n) is 6.87. The minimum Gasteiger partial charge on any atom is -0.347 e. The van der Waals surface area contributed by atoms with Crippen LogP contribution >= 0.6 is 11.6 Å². The Morgan fingerprint density at radius 1 is 0.882 bits per heavy atom. The Kier molecular flexibility index (Phi) is 5.11. The summed E-state index contributed by atoms with van der Waals surface area (Å²) in [5, 5.41) is 0.541. The summed E-state index contributed by atoms with van der Waals surface area (Å²) in [6.45, 7) is 3.31. The number of sulfonamides is 1. The lowest BCUT2D eigenvalue weighted by Gasteiger charge is -2.53. The molecule has 2 aliphatic heterocycles. The molecule has 0 amide bonds. The van der Waals surface area contributed by atoms with Crippen LogP contribution in [0.25, 0.3) is 0 Å². The number of anilines is 1. The van der Waals surface area contributed by atoms with E-state index in [2.05, 4.69) is 60.4 Å². The predicted octanol–water partition coefficient (Wildman–Crippen LogP) is 6.27. The van der Waals surface area contributed by atoms with Crippen molar-refractivity contribution in [1.29, 1.82) is 0 Å². The van der Waals surface area contributed by atoms with Crippen LogP contribution in [0.15, 0.2) is 77.7 Å². The van der Waals surface area contributed by atoms with Gasteiger partial charge in [-0.1, -0.05) is 66.0 Å². The van der Waals surface area contributed by atoms with Crippen LogP contribution in [0.3, 0.4) is 0 Å². The summed E-state index contributed by atoms with van der Waals surface area (Å²) >= 11 is 6.09. The van der Waals surface area contributed by atoms with Gasteiger partial charge in [0.1, 0.15) is 5.66 Å². The van der Waals surface area contributed by atoms with E-state index in [1.165, 1.54) is 22.4 Å². The van der Waals surface area contributed by atoms with Gasteiger partial charge >= 0.3 is 0 Å². The second-order valence-electron chi connectivity index (χ2n) is 9.98. The van der Waals surface area contributed by atoms with Crippen molar-refractivity contribution < 1.29 is 8.42 Å². The fourth-order valence-corrected chi connectivity index (χ4v) is 8.83. The van der Waals surface area contributed by atoms with Gasteiger partial charge < -0.3 is 4.90 Å². The second kappa shape index (κ2) is 7.84. The molecule has 176 valence electrons. The van der Waals surface area contributed by atoms with E-state index in [1.807, 2.05) is 4.31 Å². The molecule has 0 bridgehead atoms. The van der Waals surface area contributed by atoms with Crippen molar-refractivity contribution in [2.45, 2.75) is 61.5 Å². The highest BCUT2D eigenvalue weighted by molar-refractivity contribution is 7.89. The van der Waals surface area contributed by atoms with Gasteiger partial charge in [-0.3, -0.25) is 0 Å². The van der Waals surface area contributed by atoms with Crippen molar-refractivity contribution >= 4 is 27.3 Å². The van der Waals surface area contributed by atoms with Gasteiger partial charge in [0.05, 0.1) is 4.90 Å². The lowest BCUT2D eigenvalue weighted by atomic mass is 9.64. The van der Waals surface area contributed by atoms with E-state index in [-0.39, 0.29) is 5.41 Å². The Hall–Kier alpha value is -2.34. The van der Waals surface area contributed by atoms with Crippen molar-refractivity contribution in [2.24, 2.45) is 0 Å². The van der Waals surface area contributed by atoms with Gasteiger partial charge in [0.25, 0.3) is 0 Å². The third-order valence-corrected chi connectivity index (χ3v) is 10.5. The molecule has 3 aliphatic rings. The molecule has 2 atom stereocenters. The lowest BCUT2D eigenvalue weighted by Crippen LogP contribution is -2.65. The first-order valence-corrected chi connectivity index (χ1v) is 13.9. The second-order valence-corrected chi connectivity index (χ2v) is 12.3. The van der Waals surface area contributed by atoms with Crippen molar-refractivity contribution in [3.05, 3.63) is 94.5 Å². The van der Waals surface area contributed by atoms with Gasteiger partial charge in [-0.25, -0.2) is 8.42 Å². The van der Waals surface area contributed by atoms with E-state index in [0.717, 1.165) is 32.1 Å². The number of halogens is 1. The SMILES string of the molecule is Cc1ccc(CN2c3ccccc3[C@]34CCCC[C@]23N(S(=O)(=O)c2ccc(Cl)cc2)CC4)cc1. The van der Waals surface area contributed by atoms with Crippen LogP contribution in [-0.2, 0) is 22.0 Å². The third kappa shape index (κ3) is 2.96. The molecule has 0 aromatic heterocycles. The lowest BCUT2D eigenvalue weighted by molar-refractivity contribution is 0.104. The van der Waals surface area contributed by atoms with Crippen molar-refractivity contribution in [1.82, 2.24) is 4.31 Å². The molecule has 34 heavy (non-hydrogen) atoms. The fraction of sp³-hybridized carbons (Fsp3) is 0.357. The summed E-state index contributed by atoms with van der Waals surface area (Å²) in [5.74, 6) is 0. The van der Waals surface area contributed by atoms with E-state index in [0.29, 0.717) is 23.0 Å². The van der Waals surface area contributed by atoms with Crippen LogP contribution < -0.4 is 4.90 Å². The number of hydrogen-bond acceptors (Lipinski definition) is 3. The Balaban J connectivity index is 1.54. The Bertz CT molecular complexity index is 1340. The van der Waals surface area contributed by atoms with E-state index < -0.39 is 15.7 Å². The molecule has 0 unspecified atom stereocenters. The van der Waals surface area contributed by atoms with Crippen molar-refractivity contribution in [3.63, 3.8) is 0 Å². The smallest absolute Gasteiger partial charge is 0.245 e. The van der Waals surface area contributed by atoms with E-state index in [4.69, 9.17) is 11.6 Å². The molecular weight excluding hydrogens is 464 g/mol. The van der Waals surface area contributed by atoms with Crippen LogP contribution in [0.1, 0.15) is 48.8 Å². The molecule has 1 saturated carbocycles. The molecule has 0 radical (unpaired) electrons. The average molecular weight is 493 g/mol. The highest BCUT2D eigenvalue weighted by Crippen LogP contribution is 2.65. The standard InChI is InChI=1S/C28H29ClN2O2S/c1-21-8-10-22(11-9-21)20-30-26-7-3-2-6-25(26)27-16-4-5-17-28(27,30)31(19-18-27)34(32,33)24-14-12-23(29)13-15-24/h2-3,6-15H,4-5,16-20H2,1H3/t27-,28-/m1/s1. The highest BCUT2D eigenvalue weighted by Gasteiger charge is 2.70. The summed E-state index contributed by atoms with van der Waals surface area (Å²) in [7, 11) is -3.71. The maximum atomic E-state index is 14.2. The summed E-state index contributed by atoms with van der Waals surface area (Å²) in [6, 6.07) is 23.9. The van der Waals surface area contributed by atoms with Crippen LogP contribution in [0, 0.1) is 6.92 Å². The van der Waals surface area contributed by atoms with Gasteiger partial charge in [-0.05, 0) is 74.1 Å². The summed E-state index contributed by atoms with van der Waals surface area (Å²) in [6.07, 6.45) is 4.85. The summed E-state index contributed by atoms with van der Waals surface area (Å²) < 4.78 is 30.2. The molecule has 0 N–H and O–H groups in total. The first-order chi connectivity index (χ1) is 16.4. The largest absolute Gasteiger partial charge is 0.347 e. The minimum absolute atomic E-state index is 0.188. The molecular formula is C28H29ClN2O2S. The van der Waals surface area contributed by atoms with Crippen molar-refractivity contribution in [2.75, 3.05) is 11.4 Å². The number of aryl methyl sites for hydroxylation is 1. The van der Waals surface area contributed by atoms with Crippen molar-refractivity contribution in [3.8, 4) is 0 Å². The quantitative estimate of drug-likeness (QED) is 0.431. The molecule has 3 aromatic carbocycles. The molecule has 6 rings (SSSR count). The molecule has 2 heterocycles. The number of benzene rings is 3. The average Bonchev–Trinajstić information content (AvgIpc) is 3.32. The Morgan fingerprint density at radius 2 is 1.59 bits per heavy atom. The molecule has 6 heteroatoms. The molecule has 4 nitrogen and oxygen atoms in total. The molecule has 3 aromatic rings. The highest BCUT2D eigenvalue weighted by atomic mass is 35.5. The number of hydrogen-bond donors (Lipinski definition) is 0. The topological polar surface area (TPSA) is 40.6 Å². The Labute approximate surface area is 207 Å². The maximum Gasteiger partial charge on any atom is 0.245 e. The summed E-state index contributed by atoms with van der Waals surface area (Å²) in [5.41, 5.74) is 4.14. The van der Waals surface area contributed by atoms with Crippen LogP contribution in [-0.4, -0.2) is 24.9 Å². The van der Waals surface area contributed by atoms with Gasteiger partial charge in [0.15, 0.2) is 0 Å². The first-order valence-electron chi connectivity index (χ1n) is 12.1. The van der Waals surface area contributed by atoms with Gasteiger partial charge in [0, 0.05) is 29.2 Å². The number of rotatable bonds is 4. The zero-order chi connectivity index (χ0) is 23.6. The van der Waals surface area contributed by atoms with Gasteiger partial charge in [0.2, 0.25) is 10.0 Å². The molecule has 0 spiro atoms. The van der Waals surface area contributed by atoms with E-state index >= 15 is 0 Å².